The standard InChI is InChI=1S/C15H21NO5S/c1-15(2,3)21-14(17)16-8-7-11-5-4-6-12(13(11)9-16)10-20-22(18)19/h4-6H,7-10H2,1-3H3,(H,18,19)/p-1. The van der Waals surface area contributed by atoms with Crippen molar-refractivity contribution in [3.63, 3.8) is 0 Å². The van der Waals surface area contributed by atoms with Crippen molar-refractivity contribution < 1.29 is 22.5 Å². The molecular weight excluding hydrogens is 306 g/mol. The molecule has 0 radical (unpaired) electrons. The predicted molar refractivity (Wildman–Crippen MR) is 80.5 cm³/mol. The van der Waals surface area contributed by atoms with Gasteiger partial charge in [-0.05, 0) is 43.9 Å². The fourth-order valence-electron chi connectivity index (χ4n) is 2.38. The van der Waals surface area contributed by atoms with Crippen LogP contribution in [0.1, 0.15) is 37.5 Å². The maximum atomic E-state index is 12.2. The van der Waals surface area contributed by atoms with Crippen molar-refractivity contribution in [3.05, 3.63) is 34.9 Å². The Hall–Kier alpha value is -1.44. The number of rotatable bonds is 3. The molecule has 1 atom stereocenters. The number of benzene rings is 1. The smallest absolute Gasteiger partial charge is 0.410 e. The zero-order valence-corrected chi connectivity index (χ0v) is 13.8. The fourth-order valence-corrected chi connectivity index (χ4v) is 2.60. The second-order valence-electron chi connectivity index (χ2n) is 6.17. The number of nitrogens with zero attached hydrogens (tertiary/aromatic N) is 1. The van der Waals surface area contributed by atoms with Gasteiger partial charge in [0.15, 0.2) is 0 Å². The van der Waals surface area contributed by atoms with Gasteiger partial charge in [-0.15, -0.1) is 0 Å². The van der Waals surface area contributed by atoms with E-state index in [0.717, 1.165) is 16.7 Å². The number of carbonyl (C=O) groups excluding carboxylic acids is 1. The third-order valence-electron chi connectivity index (χ3n) is 3.33. The van der Waals surface area contributed by atoms with Crippen molar-refractivity contribution >= 4 is 17.5 Å². The second kappa shape index (κ2) is 6.76. The van der Waals surface area contributed by atoms with Gasteiger partial charge in [0.2, 0.25) is 0 Å². The zero-order chi connectivity index (χ0) is 16.3. The van der Waals surface area contributed by atoms with Gasteiger partial charge in [0.05, 0.1) is 18.0 Å². The summed E-state index contributed by atoms with van der Waals surface area (Å²) in [6.07, 6.45) is 0.351. The lowest BCUT2D eigenvalue weighted by Gasteiger charge is -2.32. The summed E-state index contributed by atoms with van der Waals surface area (Å²) in [6, 6.07) is 5.66. The van der Waals surface area contributed by atoms with E-state index in [2.05, 4.69) is 4.18 Å². The van der Waals surface area contributed by atoms with Crippen molar-refractivity contribution in [1.82, 2.24) is 4.90 Å². The van der Waals surface area contributed by atoms with Crippen LogP contribution in [0.2, 0.25) is 0 Å². The summed E-state index contributed by atoms with van der Waals surface area (Å²) < 4.78 is 31.2. The molecule has 1 aliphatic heterocycles. The molecule has 1 aromatic carbocycles. The van der Waals surface area contributed by atoms with Crippen LogP contribution in [0.4, 0.5) is 4.79 Å². The monoisotopic (exact) mass is 326 g/mol. The summed E-state index contributed by atoms with van der Waals surface area (Å²) >= 11 is -2.55. The molecule has 0 aliphatic carbocycles. The molecule has 122 valence electrons. The minimum atomic E-state index is -2.55. The molecule has 0 spiro atoms. The van der Waals surface area contributed by atoms with Gasteiger partial charge in [-0.25, -0.2) is 9.00 Å². The first kappa shape index (κ1) is 16.9. The van der Waals surface area contributed by atoms with Gasteiger partial charge < -0.3 is 14.2 Å². The summed E-state index contributed by atoms with van der Waals surface area (Å²) in [4.78, 5) is 13.8. The van der Waals surface area contributed by atoms with Crippen LogP contribution in [0.5, 0.6) is 0 Å². The lowest BCUT2D eigenvalue weighted by molar-refractivity contribution is 0.0222. The molecule has 0 fully saturated rings. The van der Waals surface area contributed by atoms with Gasteiger partial charge in [0, 0.05) is 13.1 Å². The molecule has 1 heterocycles. The van der Waals surface area contributed by atoms with Gasteiger partial charge in [0.1, 0.15) is 5.60 Å². The SMILES string of the molecule is CC(C)(C)OC(=O)N1CCc2cccc(COS(=O)[O-])c2C1. The van der Waals surface area contributed by atoms with Gasteiger partial charge >= 0.3 is 6.09 Å². The molecule has 7 heteroatoms. The largest absolute Gasteiger partial charge is 0.750 e. The number of ether oxygens (including phenoxy) is 1. The highest BCUT2D eigenvalue weighted by atomic mass is 32.2. The van der Waals surface area contributed by atoms with Gasteiger partial charge in [-0.2, -0.15) is 0 Å². The molecule has 0 saturated heterocycles. The Morgan fingerprint density at radius 1 is 1.41 bits per heavy atom. The van der Waals surface area contributed by atoms with Crippen molar-refractivity contribution in [1.29, 1.82) is 0 Å². The second-order valence-corrected chi connectivity index (χ2v) is 6.82. The summed E-state index contributed by atoms with van der Waals surface area (Å²) in [5, 5.41) is 0. The fraction of sp³-hybridized carbons (Fsp3) is 0.533. The van der Waals surface area contributed by atoms with Crippen LogP contribution >= 0.6 is 0 Å². The van der Waals surface area contributed by atoms with E-state index in [-0.39, 0.29) is 12.7 Å². The van der Waals surface area contributed by atoms with Crippen molar-refractivity contribution in [2.75, 3.05) is 6.54 Å². The summed E-state index contributed by atoms with van der Waals surface area (Å²) in [5.41, 5.74) is 2.28. The molecule has 22 heavy (non-hydrogen) atoms. The van der Waals surface area contributed by atoms with E-state index in [9.17, 15) is 13.6 Å². The van der Waals surface area contributed by atoms with Crippen molar-refractivity contribution in [2.45, 2.75) is 45.9 Å². The van der Waals surface area contributed by atoms with E-state index < -0.39 is 17.0 Å². The Morgan fingerprint density at radius 2 is 2.14 bits per heavy atom. The summed E-state index contributed by atoms with van der Waals surface area (Å²) in [5.74, 6) is 0. The van der Waals surface area contributed by atoms with Crippen LogP contribution in [0.3, 0.4) is 0 Å². The maximum absolute atomic E-state index is 12.2. The van der Waals surface area contributed by atoms with E-state index in [1.54, 1.807) is 4.90 Å². The first-order valence-electron chi connectivity index (χ1n) is 7.06. The number of carbonyl (C=O) groups is 1. The van der Waals surface area contributed by atoms with E-state index in [1.165, 1.54) is 0 Å². The number of fused-ring (bicyclic) bond motifs is 1. The highest BCUT2D eigenvalue weighted by Gasteiger charge is 2.26. The highest BCUT2D eigenvalue weighted by molar-refractivity contribution is 7.74. The lowest BCUT2D eigenvalue weighted by atomic mass is 9.95. The van der Waals surface area contributed by atoms with E-state index >= 15 is 0 Å². The molecule has 1 unspecified atom stereocenters. The normalized spacial score (nSPS) is 16.1. The van der Waals surface area contributed by atoms with E-state index in [4.69, 9.17) is 4.74 Å². The van der Waals surface area contributed by atoms with Gasteiger partial charge in [-0.3, -0.25) is 4.18 Å². The third kappa shape index (κ3) is 4.53. The van der Waals surface area contributed by atoms with Crippen LogP contribution in [0, 0.1) is 0 Å². The predicted octanol–water partition coefficient (Wildman–Crippen LogP) is 2.29. The van der Waals surface area contributed by atoms with Gasteiger partial charge in [-0.1, -0.05) is 18.2 Å². The van der Waals surface area contributed by atoms with Crippen LogP contribution in [-0.2, 0) is 39.9 Å². The number of hydrogen-bond donors (Lipinski definition) is 0. The first-order valence-corrected chi connectivity index (χ1v) is 8.06. The van der Waals surface area contributed by atoms with Crippen LogP contribution in [0.15, 0.2) is 18.2 Å². The molecule has 1 aromatic rings. The molecule has 1 amide bonds. The molecule has 0 bridgehead atoms. The lowest BCUT2D eigenvalue weighted by Crippen LogP contribution is -2.40. The van der Waals surface area contributed by atoms with Crippen LogP contribution in [0.25, 0.3) is 0 Å². The molecule has 0 saturated carbocycles. The Labute approximate surface area is 132 Å². The van der Waals surface area contributed by atoms with E-state index in [0.29, 0.717) is 19.5 Å². The minimum Gasteiger partial charge on any atom is -0.750 e. The minimum absolute atomic E-state index is 0.0263. The van der Waals surface area contributed by atoms with Gasteiger partial charge in [0.25, 0.3) is 0 Å². The Kier molecular flexibility index (Phi) is 5.20. The quantitative estimate of drug-likeness (QED) is 0.796. The van der Waals surface area contributed by atoms with E-state index in [1.807, 2.05) is 39.0 Å². The van der Waals surface area contributed by atoms with Crippen LogP contribution in [-0.4, -0.2) is 31.9 Å². The van der Waals surface area contributed by atoms with Crippen LogP contribution < -0.4 is 0 Å². The molecule has 2 rings (SSSR count). The molecule has 0 aromatic heterocycles. The average Bonchev–Trinajstić information content (AvgIpc) is 2.42. The molecule has 0 N–H and O–H groups in total. The number of amides is 1. The van der Waals surface area contributed by atoms with Crippen molar-refractivity contribution in [2.24, 2.45) is 0 Å². The Morgan fingerprint density at radius 3 is 2.77 bits per heavy atom. The molecule has 1 aliphatic rings. The number of hydrogen-bond acceptors (Lipinski definition) is 5. The summed E-state index contributed by atoms with van der Waals surface area (Å²) in [6.45, 7) is 6.43. The zero-order valence-electron chi connectivity index (χ0n) is 13.0. The highest BCUT2D eigenvalue weighted by Crippen LogP contribution is 2.24. The van der Waals surface area contributed by atoms with Crippen molar-refractivity contribution in [3.8, 4) is 0 Å². The summed E-state index contributed by atoms with van der Waals surface area (Å²) in [7, 11) is 0. The third-order valence-corrected chi connectivity index (χ3v) is 3.64. The maximum Gasteiger partial charge on any atom is 0.410 e. The topological polar surface area (TPSA) is 78.9 Å². The molecule has 6 nitrogen and oxygen atoms in total. The average molecular weight is 326 g/mol. The first-order chi connectivity index (χ1) is 10.3. The Balaban J connectivity index is 2.14. The molecular formula is C15H20NO5S-. The Bertz CT molecular complexity index is 582.